The van der Waals surface area contributed by atoms with Gasteiger partial charge in [-0.05, 0) is 49.7 Å². The van der Waals surface area contributed by atoms with Crippen molar-refractivity contribution in [2.75, 3.05) is 11.9 Å². The molecular formula is C16H23N3O. The van der Waals surface area contributed by atoms with Gasteiger partial charge in [0.2, 0.25) is 0 Å². The molecule has 0 unspecified atom stereocenters. The Hall–Kier alpha value is -1.60. The SMILES string of the molecule is Cc1ccnc(NCC2(O)CCC(C)(C)CC2)c1C#N. The molecule has 0 aliphatic heterocycles. The van der Waals surface area contributed by atoms with Crippen LogP contribution in [0.3, 0.4) is 0 Å². The van der Waals surface area contributed by atoms with Gasteiger partial charge in [0.15, 0.2) is 0 Å². The Morgan fingerprint density at radius 2 is 2.00 bits per heavy atom. The summed E-state index contributed by atoms with van der Waals surface area (Å²) in [6.45, 7) is 6.84. The van der Waals surface area contributed by atoms with Crippen molar-refractivity contribution in [3.05, 3.63) is 23.4 Å². The van der Waals surface area contributed by atoms with Crippen LogP contribution in [0.4, 0.5) is 5.82 Å². The number of hydrogen-bond acceptors (Lipinski definition) is 4. The Balaban J connectivity index is 2.03. The number of aryl methyl sites for hydroxylation is 1. The second-order valence-corrected chi connectivity index (χ2v) is 6.71. The van der Waals surface area contributed by atoms with Crippen LogP contribution in [-0.4, -0.2) is 22.2 Å². The maximum atomic E-state index is 10.6. The first-order valence-electron chi connectivity index (χ1n) is 7.17. The summed E-state index contributed by atoms with van der Waals surface area (Å²) in [5.74, 6) is 0.575. The van der Waals surface area contributed by atoms with Gasteiger partial charge in [-0.25, -0.2) is 4.98 Å². The molecule has 0 radical (unpaired) electrons. The summed E-state index contributed by atoms with van der Waals surface area (Å²) in [5, 5.41) is 23.0. The zero-order valence-corrected chi connectivity index (χ0v) is 12.5. The van der Waals surface area contributed by atoms with E-state index < -0.39 is 5.60 Å². The Labute approximate surface area is 120 Å². The summed E-state index contributed by atoms with van der Waals surface area (Å²) in [4.78, 5) is 4.21. The third-order valence-corrected chi connectivity index (χ3v) is 4.39. The zero-order chi connectivity index (χ0) is 14.8. The van der Waals surface area contributed by atoms with Crippen molar-refractivity contribution in [2.45, 2.75) is 52.1 Å². The van der Waals surface area contributed by atoms with Crippen molar-refractivity contribution >= 4 is 5.82 Å². The molecule has 2 N–H and O–H groups in total. The lowest BCUT2D eigenvalue weighted by molar-refractivity contribution is -0.0145. The Bertz CT molecular complexity index is 521. The molecule has 1 aliphatic carbocycles. The van der Waals surface area contributed by atoms with Gasteiger partial charge in [-0.3, -0.25) is 0 Å². The maximum absolute atomic E-state index is 10.6. The summed E-state index contributed by atoms with van der Waals surface area (Å²) in [7, 11) is 0. The van der Waals surface area contributed by atoms with Gasteiger partial charge in [0.25, 0.3) is 0 Å². The van der Waals surface area contributed by atoms with E-state index >= 15 is 0 Å². The molecule has 1 aromatic rings. The van der Waals surface area contributed by atoms with Crippen molar-refractivity contribution in [3.63, 3.8) is 0 Å². The molecule has 0 saturated heterocycles. The number of nitriles is 1. The molecule has 0 atom stereocenters. The minimum atomic E-state index is -0.687. The maximum Gasteiger partial charge on any atom is 0.144 e. The van der Waals surface area contributed by atoms with E-state index in [0.29, 0.717) is 23.3 Å². The fourth-order valence-corrected chi connectivity index (χ4v) is 2.65. The molecule has 1 heterocycles. The molecule has 1 fully saturated rings. The highest BCUT2D eigenvalue weighted by Gasteiger charge is 2.36. The van der Waals surface area contributed by atoms with Gasteiger partial charge in [0.1, 0.15) is 11.9 Å². The Morgan fingerprint density at radius 3 is 2.60 bits per heavy atom. The molecule has 1 aromatic heterocycles. The fourth-order valence-electron chi connectivity index (χ4n) is 2.65. The van der Waals surface area contributed by atoms with E-state index in [1.54, 1.807) is 6.20 Å². The third kappa shape index (κ3) is 3.29. The number of hydrogen-bond donors (Lipinski definition) is 2. The molecule has 4 heteroatoms. The molecule has 4 nitrogen and oxygen atoms in total. The highest BCUT2D eigenvalue weighted by Crippen LogP contribution is 2.40. The van der Waals surface area contributed by atoms with Crippen molar-refractivity contribution < 1.29 is 5.11 Å². The van der Waals surface area contributed by atoms with E-state index in [2.05, 4.69) is 30.2 Å². The second kappa shape index (κ2) is 5.41. The summed E-state index contributed by atoms with van der Waals surface area (Å²) >= 11 is 0. The van der Waals surface area contributed by atoms with Gasteiger partial charge in [-0.1, -0.05) is 13.8 Å². The van der Waals surface area contributed by atoms with Gasteiger partial charge in [-0.15, -0.1) is 0 Å². The topological polar surface area (TPSA) is 68.9 Å². The smallest absolute Gasteiger partial charge is 0.144 e. The average molecular weight is 273 g/mol. The molecule has 0 aromatic carbocycles. The van der Waals surface area contributed by atoms with Crippen LogP contribution in [0.1, 0.15) is 50.7 Å². The molecule has 0 bridgehead atoms. The van der Waals surface area contributed by atoms with Gasteiger partial charge >= 0.3 is 0 Å². The van der Waals surface area contributed by atoms with Crippen molar-refractivity contribution in [1.82, 2.24) is 4.98 Å². The van der Waals surface area contributed by atoms with Gasteiger partial charge < -0.3 is 10.4 Å². The van der Waals surface area contributed by atoms with Gasteiger partial charge in [-0.2, -0.15) is 5.26 Å². The number of nitrogens with zero attached hydrogens (tertiary/aromatic N) is 2. The van der Waals surface area contributed by atoms with Crippen molar-refractivity contribution in [1.29, 1.82) is 5.26 Å². The molecule has 0 amide bonds. The highest BCUT2D eigenvalue weighted by molar-refractivity contribution is 5.55. The first-order valence-corrected chi connectivity index (χ1v) is 7.17. The number of anilines is 1. The van der Waals surface area contributed by atoms with Gasteiger partial charge in [0, 0.05) is 12.7 Å². The van der Waals surface area contributed by atoms with Crippen LogP contribution in [-0.2, 0) is 0 Å². The lowest BCUT2D eigenvalue weighted by Crippen LogP contribution is -2.42. The second-order valence-electron chi connectivity index (χ2n) is 6.71. The molecular weight excluding hydrogens is 250 g/mol. The van der Waals surface area contributed by atoms with E-state index in [1.165, 1.54) is 0 Å². The highest BCUT2D eigenvalue weighted by atomic mass is 16.3. The lowest BCUT2D eigenvalue weighted by Gasteiger charge is -2.40. The minimum Gasteiger partial charge on any atom is -0.388 e. The van der Waals surface area contributed by atoms with Gasteiger partial charge in [0.05, 0.1) is 11.2 Å². The molecule has 20 heavy (non-hydrogen) atoms. The minimum absolute atomic E-state index is 0.325. The zero-order valence-electron chi connectivity index (χ0n) is 12.5. The quantitative estimate of drug-likeness (QED) is 0.888. The molecule has 2 rings (SSSR count). The summed E-state index contributed by atoms with van der Waals surface area (Å²) in [6, 6.07) is 3.99. The molecule has 0 spiro atoms. The normalized spacial score (nSPS) is 20.1. The monoisotopic (exact) mass is 273 g/mol. The Kier molecular flexibility index (Phi) is 4.01. The van der Waals surface area contributed by atoms with Crippen molar-refractivity contribution in [2.24, 2.45) is 5.41 Å². The Morgan fingerprint density at radius 1 is 1.35 bits per heavy atom. The third-order valence-electron chi connectivity index (χ3n) is 4.39. The fraction of sp³-hybridized carbons (Fsp3) is 0.625. The van der Waals surface area contributed by atoms with Crippen molar-refractivity contribution in [3.8, 4) is 6.07 Å². The largest absolute Gasteiger partial charge is 0.388 e. The van der Waals surface area contributed by atoms with E-state index in [9.17, 15) is 10.4 Å². The first kappa shape index (κ1) is 14.8. The van der Waals surface area contributed by atoms with E-state index in [-0.39, 0.29) is 0 Å². The predicted octanol–water partition coefficient (Wildman–Crippen LogP) is 3.00. The molecule has 108 valence electrons. The van der Waals surface area contributed by atoms with E-state index in [1.807, 2.05) is 13.0 Å². The van der Waals surface area contributed by atoms with Crippen LogP contribution < -0.4 is 5.32 Å². The predicted molar refractivity (Wildman–Crippen MR) is 79.4 cm³/mol. The first-order chi connectivity index (χ1) is 9.35. The van der Waals surface area contributed by atoms with E-state index in [0.717, 1.165) is 31.2 Å². The number of nitrogens with one attached hydrogen (secondary N) is 1. The van der Waals surface area contributed by atoms with Crippen LogP contribution in [0.15, 0.2) is 12.3 Å². The number of rotatable bonds is 3. The van der Waals surface area contributed by atoms with Crippen LogP contribution >= 0.6 is 0 Å². The summed E-state index contributed by atoms with van der Waals surface area (Å²) < 4.78 is 0. The molecule has 1 aliphatic rings. The number of aliphatic hydroxyl groups is 1. The van der Waals surface area contributed by atoms with Crippen LogP contribution in [0.2, 0.25) is 0 Å². The van der Waals surface area contributed by atoms with Crippen LogP contribution in [0.25, 0.3) is 0 Å². The van der Waals surface area contributed by atoms with Crippen LogP contribution in [0.5, 0.6) is 0 Å². The summed E-state index contributed by atoms with van der Waals surface area (Å²) in [6.07, 6.45) is 5.32. The van der Waals surface area contributed by atoms with Crippen LogP contribution in [0, 0.1) is 23.7 Å². The van der Waals surface area contributed by atoms with E-state index in [4.69, 9.17) is 0 Å². The number of aromatic nitrogens is 1. The summed E-state index contributed by atoms with van der Waals surface area (Å²) in [5.41, 5.74) is 1.10. The standard InChI is InChI=1S/C16H23N3O/c1-12-4-9-18-14(13(12)10-17)19-11-16(20)7-5-15(2,3)6-8-16/h4,9,20H,5-8,11H2,1-3H3,(H,18,19). The number of pyridine rings is 1. The average Bonchev–Trinajstić information content (AvgIpc) is 2.41. The molecule has 1 saturated carbocycles. The lowest BCUT2D eigenvalue weighted by atomic mass is 9.71.